The molecular formula is C46H30N2S. The van der Waals surface area contributed by atoms with Crippen LogP contribution >= 0.6 is 11.3 Å². The Morgan fingerprint density at radius 3 is 1.84 bits per heavy atom. The summed E-state index contributed by atoms with van der Waals surface area (Å²) in [5.41, 5.74) is 9.42. The molecule has 0 amide bonds. The first-order chi connectivity index (χ1) is 24.3. The Morgan fingerprint density at radius 1 is 0.408 bits per heavy atom. The molecule has 0 fully saturated rings. The minimum atomic E-state index is 1.11. The molecule has 10 rings (SSSR count). The third-order valence-corrected chi connectivity index (χ3v) is 10.9. The van der Waals surface area contributed by atoms with E-state index < -0.39 is 0 Å². The number of fused-ring (bicyclic) bond motifs is 7. The first-order valence-corrected chi connectivity index (χ1v) is 17.5. The SMILES string of the molecule is c1ccc(N(c2ccc(-c3c4ccccc4cc4sc5ccccc5c34)cc2)c2ccc3c4ccccc4n(-c4ccccc4)c3c2)cc1. The van der Waals surface area contributed by atoms with Gasteiger partial charge in [-0.05, 0) is 88.6 Å². The lowest BCUT2D eigenvalue weighted by molar-refractivity contribution is 1.18. The zero-order valence-electron chi connectivity index (χ0n) is 26.6. The molecule has 2 heterocycles. The van der Waals surface area contributed by atoms with Crippen LogP contribution in [0.25, 0.3) is 69.6 Å². The number of hydrogen-bond donors (Lipinski definition) is 0. The van der Waals surface area contributed by atoms with Crippen molar-refractivity contribution in [1.82, 2.24) is 4.57 Å². The van der Waals surface area contributed by atoms with E-state index in [0.717, 1.165) is 22.7 Å². The van der Waals surface area contributed by atoms with Crippen LogP contribution in [0.1, 0.15) is 0 Å². The second-order valence-corrected chi connectivity index (χ2v) is 13.6. The number of nitrogens with zero attached hydrogens (tertiary/aromatic N) is 2. The highest BCUT2D eigenvalue weighted by molar-refractivity contribution is 7.26. The van der Waals surface area contributed by atoms with Gasteiger partial charge in [-0.15, -0.1) is 11.3 Å². The molecule has 2 nitrogen and oxygen atoms in total. The first kappa shape index (κ1) is 27.9. The Labute approximate surface area is 288 Å². The van der Waals surface area contributed by atoms with E-state index in [4.69, 9.17) is 0 Å². The summed E-state index contributed by atoms with van der Waals surface area (Å²) >= 11 is 1.88. The summed E-state index contributed by atoms with van der Waals surface area (Å²) in [6, 6.07) is 66.1. The Morgan fingerprint density at radius 2 is 1.02 bits per heavy atom. The standard InChI is InChI=1S/C46H30N2S/c1-3-14-33(15-4-1)47(36-27-28-39-38-19-9-11-21-41(38)48(42(39)30-36)34-16-5-2-6-17-34)35-25-23-31(24-26-35)45-37-18-8-7-13-32(37)29-44-46(45)40-20-10-12-22-43(40)49-44/h1-30H. The van der Waals surface area contributed by atoms with Crippen LogP contribution in [0.4, 0.5) is 17.1 Å². The Kier molecular flexibility index (Phi) is 6.39. The second-order valence-electron chi connectivity index (χ2n) is 12.6. The molecular weight excluding hydrogens is 613 g/mol. The molecule has 2 aromatic heterocycles. The van der Waals surface area contributed by atoms with Gasteiger partial charge in [0.15, 0.2) is 0 Å². The molecule has 0 atom stereocenters. The maximum absolute atomic E-state index is 2.39. The van der Waals surface area contributed by atoms with Gasteiger partial charge in [0, 0.05) is 53.7 Å². The maximum atomic E-state index is 2.39. The molecule has 0 saturated carbocycles. The van der Waals surface area contributed by atoms with Crippen LogP contribution in [-0.4, -0.2) is 4.57 Å². The summed E-state index contributed by atoms with van der Waals surface area (Å²) in [5.74, 6) is 0. The van der Waals surface area contributed by atoms with Gasteiger partial charge in [0.1, 0.15) is 0 Å². The van der Waals surface area contributed by atoms with Gasteiger partial charge in [-0.1, -0.05) is 115 Å². The van der Waals surface area contributed by atoms with Crippen LogP contribution < -0.4 is 4.90 Å². The second kappa shape index (κ2) is 11.2. The van der Waals surface area contributed by atoms with Crippen LogP contribution in [-0.2, 0) is 0 Å². The Bertz CT molecular complexity index is 2810. The fourth-order valence-electron chi connectivity index (χ4n) is 7.60. The summed E-state index contributed by atoms with van der Waals surface area (Å²) in [5, 5.41) is 7.71. The zero-order valence-corrected chi connectivity index (χ0v) is 27.4. The van der Waals surface area contributed by atoms with Crippen molar-refractivity contribution in [1.29, 1.82) is 0 Å². The lowest BCUT2D eigenvalue weighted by atomic mass is 9.93. The van der Waals surface area contributed by atoms with Crippen molar-refractivity contribution < 1.29 is 0 Å². The van der Waals surface area contributed by atoms with Gasteiger partial charge in [0.2, 0.25) is 0 Å². The summed E-state index contributed by atoms with van der Waals surface area (Å²) in [7, 11) is 0. The van der Waals surface area contributed by atoms with E-state index in [0.29, 0.717) is 0 Å². The number of hydrogen-bond acceptors (Lipinski definition) is 2. The first-order valence-electron chi connectivity index (χ1n) is 16.7. The molecule has 0 aliphatic carbocycles. The fourth-order valence-corrected chi connectivity index (χ4v) is 8.77. The third kappa shape index (κ3) is 4.47. The quantitative estimate of drug-likeness (QED) is 0.181. The summed E-state index contributed by atoms with van der Waals surface area (Å²) in [6.07, 6.45) is 0. The normalized spacial score (nSPS) is 11.7. The molecule has 230 valence electrons. The summed E-state index contributed by atoms with van der Waals surface area (Å²) < 4.78 is 5.04. The molecule has 0 N–H and O–H groups in total. The molecule has 10 aromatic rings. The van der Waals surface area contributed by atoms with Crippen molar-refractivity contribution in [3.8, 4) is 16.8 Å². The third-order valence-electron chi connectivity index (χ3n) is 9.75. The number of rotatable bonds is 5. The topological polar surface area (TPSA) is 8.17 Å². The van der Waals surface area contributed by atoms with Crippen LogP contribution in [0.2, 0.25) is 0 Å². The largest absolute Gasteiger partial charge is 0.310 e. The average Bonchev–Trinajstić information content (AvgIpc) is 3.70. The lowest BCUT2D eigenvalue weighted by Crippen LogP contribution is -2.10. The van der Waals surface area contributed by atoms with Crippen molar-refractivity contribution in [2.24, 2.45) is 0 Å². The van der Waals surface area contributed by atoms with Crippen molar-refractivity contribution in [2.45, 2.75) is 0 Å². The van der Waals surface area contributed by atoms with Crippen LogP contribution in [0.15, 0.2) is 182 Å². The van der Waals surface area contributed by atoms with Crippen LogP contribution in [0.5, 0.6) is 0 Å². The molecule has 8 aromatic carbocycles. The molecule has 3 heteroatoms. The van der Waals surface area contributed by atoms with Gasteiger partial charge < -0.3 is 9.47 Å². The van der Waals surface area contributed by atoms with E-state index in [-0.39, 0.29) is 0 Å². The smallest absolute Gasteiger partial charge is 0.0561 e. The minimum absolute atomic E-state index is 1.11. The van der Waals surface area contributed by atoms with E-state index >= 15 is 0 Å². The number of aromatic nitrogens is 1. The number of benzene rings is 8. The predicted octanol–water partition coefficient (Wildman–Crippen LogP) is 13.4. The molecule has 0 aliphatic rings. The molecule has 0 spiro atoms. The van der Waals surface area contributed by atoms with Gasteiger partial charge >= 0.3 is 0 Å². The Balaban J connectivity index is 1.17. The average molecular weight is 643 g/mol. The van der Waals surface area contributed by atoms with E-state index in [1.54, 1.807) is 0 Å². The number of anilines is 3. The summed E-state index contributed by atoms with van der Waals surface area (Å²) in [6.45, 7) is 0. The molecule has 0 unspecified atom stereocenters. The van der Waals surface area contributed by atoms with E-state index in [9.17, 15) is 0 Å². The van der Waals surface area contributed by atoms with Gasteiger partial charge in [-0.25, -0.2) is 0 Å². The van der Waals surface area contributed by atoms with Crippen molar-refractivity contribution in [3.63, 3.8) is 0 Å². The monoisotopic (exact) mass is 642 g/mol. The number of thiophene rings is 1. The summed E-state index contributed by atoms with van der Waals surface area (Å²) in [4.78, 5) is 2.37. The van der Waals surface area contributed by atoms with Crippen molar-refractivity contribution >= 4 is 81.1 Å². The molecule has 0 radical (unpaired) electrons. The van der Waals surface area contributed by atoms with E-state index in [2.05, 4.69) is 191 Å². The minimum Gasteiger partial charge on any atom is -0.310 e. The van der Waals surface area contributed by atoms with Gasteiger partial charge in [-0.3, -0.25) is 0 Å². The van der Waals surface area contributed by atoms with Gasteiger partial charge in [0.05, 0.1) is 11.0 Å². The van der Waals surface area contributed by atoms with E-state index in [1.807, 2.05) is 11.3 Å². The maximum Gasteiger partial charge on any atom is 0.0561 e. The Hall–Kier alpha value is -6.16. The van der Waals surface area contributed by atoms with Gasteiger partial charge in [-0.2, -0.15) is 0 Å². The van der Waals surface area contributed by atoms with Crippen molar-refractivity contribution in [3.05, 3.63) is 182 Å². The highest BCUT2D eigenvalue weighted by Crippen LogP contribution is 2.45. The van der Waals surface area contributed by atoms with Gasteiger partial charge in [0.25, 0.3) is 0 Å². The molecule has 0 bridgehead atoms. The zero-order chi connectivity index (χ0) is 32.3. The highest BCUT2D eigenvalue weighted by Gasteiger charge is 2.19. The lowest BCUT2D eigenvalue weighted by Gasteiger charge is -2.26. The number of para-hydroxylation sites is 3. The fraction of sp³-hybridized carbons (Fsp3) is 0. The van der Waals surface area contributed by atoms with Crippen LogP contribution in [0, 0.1) is 0 Å². The highest BCUT2D eigenvalue weighted by atomic mass is 32.1. The predicted molar refractivity (Wildman–Crippen MR) is 211 cm³/mol. The van der Waals surface area contributed by atoms with E-state index in [1.165, 1.54) is 63.9 Å². The molecule has 0 saturated heterocycles. The molecule has 49 heavy (non-hydrogen) atoms. The van der Waals surface area contributed by atoms with Crippen molar-refractivity contribution in [2.75, 3.05) is 4.90 Å². The van der Waals surface area contributed by atoms with Crippen LogP contribution in [0.3, 0.4) is 0 Å². The molecule has 0 aliphatic heterocycles.